The number of ketones is 1. The van der Waals surface area contributed by atoms with Gasteiger partial charge in [-0.25, -0.2) is 9.59 Å². The molecule has 2 aliphatic heterocycles. The van der Waals surface area contributed by atoms with Gasteiger partial charge < -0.3 is 29.4 Å². The molecule has 0 radical (unpaired) electrons. The Morgan fingerprint density at radius 3 is 2.29 bits per heavy atom. The SMILES string of the molecule is CC(C)(C)OC(=O)COC(=O)C[C@@H]1CC(=O)[C@@]2(NC(=O)OCC3c4ccccc4-c4ccccc43)CNCC[N+]12[O-]. The molecule has 0 aromatic heterocycles. The Morgan fingerprint density at radius 1 is 1.02 bits per heavy atom. The summed E-state index contributed by atoms with van der Waals surface area (Å²) in [5.74, 6) is -2.18. The van der Waals surface area contributed by atoms with E-state index >= 15 is 0 Å². The van der Waals surface area contributed by atoms with Crippen molar-refractivity contribution < 1.29 is 38.0 Å². The smallest absolute Gasteiger partial charge is 0.412 e. The van der Waals surface area contributed by atoms with Gasteiger partial charge in [-0.2, -0.15) is 0 Å². The van der Waals surface area contributed by atoms with Gasteiger partial charge >= 0.3 is 18.0 Å². The van der Waals surface area contributed by atoms with Crippen molar-refractivity contribution in [3.8, 4) is 11.1 Å². The second kappa shape index (κ2) is 10.9. The summed E-state index contributed by atoms with van der Waals surface area (Å²) >= 11 is 0. The lowest BCUT2D eigenvalue weighted by molar-refractivity contribution is -0.939. The standard InChI is InChI=1S/C30H35N3O8/c1-29(2,3)41-27(36)17-39-26(35)15-19-14-25(34)30(18-31-12-13-33(19,30)38)32-28(37)40-16-24-22-10-6-4-8-20(22)21-9-5-7-11-23(21)24/h4-11,19,24,31H,12-18H2,1-3H3,(H,32,37)/t19-,30+,33?/m0/s1. The van der Waals surface area contributed by atoms with Crippen LogP contribution in [0.15, 0.2) is 48.5 Å². The summed E-state index contributed by atoms with van der Waals surface area (Å²) in [6.45, 7) is 4.66. The lowest BCUT2D eigenvalue weighted by Crippen LogP contribution is -2.78. The van der Waals surface area contributed by atoms with Gasteiger partial charge in [-0.1, -0.05) is 48.5 Å². The minimum atomic E-state index is -1.84. The second-order valence-corrected chi connectivity index (χ2v) is 11.7. The Morgan fingerprint density at radius 2 is 1.66 bits per heavy atom. The van der Waals surface area contributed by atoms with Crippen LogP contribution in [-0.4, -0.2) is 78.6 Å². The summed E-state index contributed by atoms with van der Waals surface area (Å²) in [5.41, 5.74) is 1.66. The number of Topliss-reactive ketones (excluding diaryl/α,β-unsaturated/α-hetero) is 1. The molecular formula is C30H35N3O8. The predicted octanol–water partition coefficient (Wildman–Crippen LogP) is 2.76. The number of carbonyl (C=O) groups is 4. The van der Waals surface area contributed by atoms with Gasteiger partial charge in [0, 0.05) is 12.5 Å². The number of piperazine rings is 1. The largest absolute Gasteiger partial charge is 0.630 e. The summed E-state index contributed by atoms with van der Waals surface area (Å²) in [4.78, 5) is 50.9. The molecule has 5 rings (SSSR count). The van der Waals surface area contributed by atoms with E-state index in [9.17, 15) is 24.4 Å². The zero-order chi connectivity index (χ0) is 29.4. The number of hydrogen-bond acceptors (Lipinski definition) is 9. The minimum absolute atomic E-state index is 0.0246. The molecule has 11 nitrogen and oxygen atoms in total. The molecule has 11 heteroatoms. The van der Waals surface area contributed by atoms with Crippen molar-refractivity contribution in [2.45, 2.75) is 56.8 Å². The van der Waals surface area contributed by atoms with E-state index in [1.54, 1.807) is 20.8 Å². The second-order valence-electron chi connectivity index (χ2n) is 11.7. The van der Waals surface area contributed by atoms with Crippen LogP contribution in [0.4, 0.5) is 4.79 Å². The molecule has 2 fully saturated rings. The van der Waals surface area contributed by atoms with Crippen LogP contribution in [0.5, 0.6) is 0 Å². The Bertz CT molecular complexity index is 1330. The van der Waals surface area contributed by atoms with E-state index < -0.39 is 52.4 Å². The summed E-state index contributed by atoms with van der Waals surface area (Å²) < 4.78 is 14.7. The molecule has 3 aliphatic rings. The first-order valence-corrected chi connectivity index (χ1v) is 13.8. The van der Waals surface area contributed by atoms with Gasteiger partial charge in [-0.15, -0.1) is 0 Å². The highest BCUT2D eigenvalue weighted by Crippen LogP contribution is 2.45. The summed E-state index contributed by atoms with van der Waals surface area (Å²) in [6.07, 6.45) is -1.49. The maximum Gasteiger partial charge on any atom is 0.412 e. The molecule has 0 bridgehead atoms. The van der Waals surface area contributed by atoms with Crippen molar-refractivity contribution in [3.05, 3.63) is 64.9 Å². The number of carbonyl (C=O) groups excluding carboxylic acids is 4. The fourth-order valence-electron chi connectivity index (χ4n) is 6.17. The fourth-order valence-corrected chi connectivity index (χ4v) is 6.17. The first kappa shape index (κ1) is 28.7. The number of quaternary nitrogens is 1. The van der Waals surface area contributed by atoms with Crippen LogP contribution in [0.2, 0.25) is 0 Å². The molecule has 2 N–H and O–H groups in total. The number of nitrogens with one attached hydrogen (secondary N) is 2. The van der Waals surface area contributed by atoms with Crippen LogP contribution in [0.3, 0.4) is 0 Å². The van der Waals surface area contributed by atoms with Gasteiger partial charge in [0.1, 0.15) is 18.2 Å². The summed E-state index contributed by atoms with van der Waals surface area (Å²) in [5, 5.41) is 19.9. The number of hydroxylamine groups is 3. The maximum absolute atomic E-state index is 14.2. The molecule has 218 valence electrons. The summed E-state index contributed by atoms with van der Waals surface area (Å²) in [7, 11) is 0. The molecule has 0 saturated carbocycles. The van der Waals surface area contributed by atoms with Gasteiger partial charge in [0.25, 0.3) is 0 Å². The van der Waals surface area contributed by atoms with E-state index in [4.69, 9.17) is 14.2 Å². The topological polar surface area (TPSA) is 143 Å². The number of hydrogen-bond donors (Lipinski definition) is 2. The Balaban J connectivity index is 1.25. The zero-order valence-electron chi connectivity index (χ0n) is 23.4. The lowest BCUT2D eigenvalue weighted by atomic mass is 9.98. The maximum atomic E-state index is 14.2. The zero-order valence-corrected chi connectivity index (χ0v) is 23.4. The van der Waals surface area contributed by atoms with Gasteiger partial charge in [-0.3, -0.25) is 14.9 Å². The van der Waals surface area contributed by atoms with E-state index in [0.29, 0.717) is 6.54 Å². The van der Waals surface area contributed by atoms with Crippen molar-refractivity contribution in [3.63, 3.8) is 0 Å². The van der Waals surface area contributed by atoms with Crippen molar-refractivity contribution >= 4 is 23.8 Å². The number of benzene rings is 2. The molecule has 2 heterocycles. The van der Waals surface area contributed by atoms with Crippen molar-refractivity contribution in [2.24, 2.45) is 0 Å². The van der Waals surface area contributed by atoms with Gasteiger partial charge in [-0.05, 0) is 43.0 Å². The number of nitrogens with zero attached hydrogens (tertiary/aromatic N) is 1. The normalized spacial score (nSPS) is 25.1. The number of amides is 1. The highest BCUT2D eigenvalue weighted by Gasteiger charge is 2.64. The minimum Gasteiger partial charge on any atom is -0.630 e. The molecule has 1 unspecified atom stereocenters. The van der Waals surface area contributed by atoms with E-state index in [1.165, 1.54) is 0 Å². The lowest BCUT2D eigenvalue weighted by Gasteiger charge is -2.56. The number of fused-ring (bicyclic) bond motifs is 4. The van der Waals surface area contributed by atoms with Crippen LogP contribution in [0.1, 0.15) is 50.7 Å². The number of esters is 2. The highest BCUT2D eigenvalue weighted by molar-refractivity contribution is 5.93. The molecule has 1 amide bonds. The van der Waals surface area contributed by atoms with E-state index in [2.05, 4.69) is 10.6 Å². The van der Waals surface area contributed by atoms with E-state index in [-0.39, 0.29) is 38.5 Å². The molecule has 2 aromatic rings. The quantitative estimate of drug-likeness (QED) is 0.224. The molecule has 3 atom stereocenters. The van der Waals surface area contributed by atoms with Crippen LogP contribution in [0, 0.1) is 5.21 Å². The van der Waals surface area contributed by atoms with Crippen molar-refractivity contribution in [1.29, 1.82) is 0 Å². The number of ether oxygens (including phenoxy) is 3. The van der Waals surface area contributed by atoms with Crippen molar-refractivity contribution in [2.75, 3.05) is 32.8 Å². The Labute approximate surface area is 238 Å². The number of alkyl carbamates (subject to hydrolysis) is 1. The van der Waals surface area contributed by atoms with E-state index in [1.807, 2.05) is 48.5 Å². The average Bonchev–Trinajstić information content (AvgIpc) is 3.34. The van der Waals surface area contributed by atoms with Gasteiger partial charge in [0.05, 0.1) is 25.9 Å². The summed E-state index contributed by atoms with van der Waals surface area (Å²) in [6, 6.07) is 14.9. The Kier molecular flexibility index (Phi) is 7.62. The molecule has 1 aliphatic carbocycles. The predicted molar refractivity (Wildman–Crippen MR) is 147 cm³/mol. The first-order valence-electron chi connectivity index (χ1n) is 13.8. The van der Waals surface area contributed by atoms with Crippen LogP contribution >= 0.6 is 0 Å². The third-order valence-corrected chi connectivity index (χ3v) is 7.95. The van der Waals surface area contributed by atoms with Crippen molar-refractivity contribution in [1.82, 2.24) is 10.6 Å². The fraction of sp³-hybridized carbons (Fsp3) is 0.467. The van der Waals surface area contributed by atoms with Gasteiger partial charge in [0.15, 0.2) is 6.61 Å². The average molecular weight is 566 g/mol. The van der Waals surface area contributed by atoms with Gasteiger partial charge in [0.2, 0.25) is 11.4 Å². The highest BCUT2D eigenvalue weighted by atomic mass is 16.6. The van der Waals surface area contributed by atoms with Crippen LogP contribution in [0.25, 0.3) is 11.1 Å². The molecule has 2 aromatic carbocycles. The third-order valence-electron chi connectivity index (χ3n) is 7.95. The Hall–Kier alpha value is -3.80. The molecular weight excluding hydrogens is 530 g/mol. The number of rotatable bonds is 7. The molecule has 2 saturated heterocycles. The van der Waals surface area contributed by atoms with Crippen LogP contribution in [-0.2, 0) is 28.6 Å². The monoisotopic (exact) mass is 565 g/mol. The molecule has 0 spiro atoms. The third kappa shape index (κ3) is 5.44. The van der Waals surface area contributed by atoms with Crippen LogP contribution < -0.4 is 10.6 Å². The molecule has 41 heavy (non-hydrogen) atoms. The first-order chi connectivity index (χ1) is 19.4. The van der Waals surface area contributed by atoms with E-state index in [0.717, 1.165) is 22.3 Å².